The quantitative estimate of drug-likeness (QED) is 0.706. The molecule has 0 bridgehead atoms. The number of nitrogens with one attached hydrogen (secondary N) is 1. The van der Waals surface area contributed by atoms with Gasteiger partial charge >= 0.3 is 0 Å². The van der Waals surface area contributed by atoms with Crippen molar-refractivity contribution in [1.29, 1.82) is 0 Å². The molecule has 20 heavy (non-hydrogen) atoms. The van der Waals surface area contributed by atoms with Crippen LogP contribution in [0.1, 0.15) is 11.3 Å². The maximum Gasteiger partial charge on any atom is 0.237 e. The first-order valence-corrected chi connectivity index (χ1v) is 7.34. The zero-order valence-corrected chi connectivity index (χ0v) is 12.1. The molecule has 0 saturated heterocycles. The summed E-state index contributed by atoms with van der Waals surface area (Å²) in [4.78, 5) is 9.42. The Morgan fingerprint density at radius 2 is 2.20 bits per heavy atom. The molecule has 1 N–H and O–H groups in total. The van der Waals surface area contributed by atoms with E-state index in [0.29, 0.717) is 5.88 Å². The van der Waals surface area contributed by atoms with Crippen molar-refractivity contribution < 1.29 is 4.74 Å². The van der Waals surface area contributed by atoms with E-state index in [0.717, 1.165) is 30.2 Å². The molecular formula is C14H16N4OS. The van der Waals surface area contributed by atoms with Crippen molar-refractivity contribution in [2.24, 2.45) is 0 Å². The average molecular weight is 288 g/mol. The largest absolute Gasteiger partial charge is 0.480 e. The predicted molar refractivity (Wildman–Crippen MR) is 79.3 cm³/mol. The average Bonchev–Trinajstić information content (AvgIpc) is 3.06. The molecule has 0 aliphatic carbocycles. The first-order valence-electron chi connectivity index (χ1n) is 6.46. The third-order valence-corrected chi connectivity index (χ3v) is 3.91. The number of imidazole rings is 1. The van der Waals surface area contributed by atoms with Crippen molar-refractivity contribution >= 4 is 16.3 Å². The van der Waals surface area contributed by atoms with Gasteiger partial charge in [-0.05, 0) is 30.7 Å². The Hall–Kier alpha value is -1.92. The molecule has 0 unspecified atom stereocenters. The summed E-state index contributed by atoms with van der Waals surface area (Å²) in [6.45, 7) is 1.65. The number of ether oxygens (including phenoxy) is 1. The minimum absolute atomic E-state index is 0.702. The molecule has 5 nitrogen and oxygen atoms in total. The molecule has 0 radical (unpaired) electrons. The van der Waals surface area contributed by atoms with E-state index in [9.17, 15) is 0 Å². The van der Waals surface area contributed by atoms with Crippen molar-refractivity contribution in [3.63, 3.8) is 0 Å². The number of aromatic nitrogens is 3. The molecule has 104 valence electrons. The van der Waals surface area contributed by atoms with Gasteiger partial charge < -0.3 is 10.1 Å². The summed E-state index contributed by atoms with van der Waals surface area (Å²) in [5.41, 5.74) is 2.35. The van der Waals surface area contributed by atoms with E-state index in [1.165, 1.54) is 5.56 Å². The second kappa shape index (κ2) is 6.02. The summed E-state index contributed by atoms with van der Waals surface area (Å²) in [7, 11) is 1.66. The van der Waals surface area contributed by atoms with Crippen molar-refractivity contribution in [3.8, 4) is 5.88 Å². The van der Waals surface area contributed by atoms with Gasteiger partial charge in [-0.3, -0.25) is 9.38 Å². The minimum Gasteiger partial charge on any atom is -0.480 e. The summed E-state index contributed by atoms with van der Waals surface area (Å²) in [6, 6.07) is 4.08. The van der Waals surface area contributed by atoms with Crippen LogP contribution >= 0.6 is 11.3 Å². The van der Waals surface area contributed by atoms with Gasteiger partial charge in [0.15, 0.2) is 4.96 Å². The molecule has 0 amide bonds. The van der Waals surface area contributed by atoms with Crippen LogP contribution in [-0.2, 0) is 13.0 Å². The predicted octanol–water partition coefficient (Wildman–Crippen LogP) is 2.13. The molecule has 0 atom stereocenters. The van der Waals surface area contributed by atoms with Gasteiger partial charge in [0.1, 0.15) is 5.69 Å². The van der Waals surface area contributed by atoms with Gasteiger partial charge in [-0.1, -0.05) is 0 Å². The highest BCUT2D eigenvalue weighted by molar-refractivity contribution is 7.15. The van der Waals surface area contributed by atoms with Crippen LogP contribution in [0.4, 0.5) is 0 Å². The minimum atomic E-state index is 0.702. The number of hydrogen-bond donors (Lipinski definition) is 1. The summed E-state index contributed by atoms with van der Waals surface area (Å²) < 4.78 is 7.40. The molecule has 0 aromatic carbocycles. The molecular weight excluding hydrogens is 272 g/mol. The number of fused-ring (bicyclic) bond motifs is 1. The number of pyridine rings is 1. The number of thiazole rings is 1. The van der Waals surface area contributed by atoms with E-state index < -0.39 is 0 Å². The zero-order chi connectivity index (χ0) is 13.8. The van der Waals surface area contributed by atoms with Crippen LogP contribution in [0.2, 0.25) is 0 Å². The van der Waals surface area contributed by atoms with Crippen LogP contribution < -0.4 is 10.1 Å². The van der Waals surface area contributed by atoms with Crippen LogP contribution in [0.3, 0.4) is 0 Å². The molecule has 0 saturated carbocycles. The van der Waals surface area contributed by atoms with Crippen LogP contribution in [0, 0.1) is 0 Å². The molecule has 0 aliphatic rings. The third kappa shape index (κ3) is 2.66. The van der Waals surface area contributed by atoms with E-state index in [-0.39, 0.29) is 0 Å². The summed E-state index contributed by atoms with van der Waals surface area (Å²) >= 11 is 1.61. The zero-order valence-electron chi connectivity index (χ0n) is 11.2. The number of nitrogens with zero attached hydrogens (tertiary/aromatic N) is 3. The van der Waals surface area contributed by atoms with Crippen molar-refractivity contribution in [1.82, 2.24) is 19.7 Å². The van der Waals surface area contributed by atoms with Gasteiger partial charge in [-0.15, -0.1) is 11.3 Å². The fourth-order valence-corrected chi connectivity index (χ4v) is 2.85. The Labute approximate surface area is 121 Å². The molecule has 6 heteroatoms. The molecule has 0 spiro atoms. The van der Waals surface area contributed by atoms with Crippen LogP contribution in [0.5, 0.6) is 5.88 Å². The third-order valence-electron chi connectivity index (χ3n) is 3.15. The lowest BCUT2D eigenvalue weighted by atomic mass is 10.2. The fourth-order valence-electron chi connectivity index (χ4n) is 2.13. The van der Waals surface area contributed by atoms with Crippen LogP contribution in [0.15, 0.2) is 36.1 Å². The second-order valence-corrected chi connectivity index (χ2v) is 5.28. The topological polar surface area (TPSA) is 51.5 Å². The normalized spacial score (nSPS) is 11.1. The van der Waals surface area contributed by atoms with Crippen molar-refractivity contribution in [2.75, 3.05) is 13.7 Å². The van der Waals surface area contributed by atoms with E-state index >= 15 is 0 Å². The number of hydrogen-bond acceptors (Lipinski definition) is 5. The lowest BCUT2D eigenvalue weighted by molar-refractivity contribution is 0.393. The van der Waals surface area contributed by atoms with E-state index in [2.05, 4.69) is 19.7 Å². The molecule has 0 aliphatic heterocycles. The SMILES string of the molecule is COc1nc2sccn2c1CNCCc1ccncc1. The molecule has 3 heterocycles. The highest BCUT2D eigenvalue weighted by Gasteiger charge is 2.12. The summed E-state index contributed by atoms with van der Waals surface area (Å²) in [5.74, 6) is 0.702. The number of methoxy groups -OCH3 is 1. The van der Waals surface area contributed by atoms with Crippen LogP contribution in [0.25, 0.3) is 4.96 Å². The van der Waals surface area contributed by atoms with Gasteiger partial charge in [0.2, 0.25) is 5.88 Å². The van der Waals surface area contributed by atoms with Gasteiger partial charge in [-0.25, -0.2) is 0 Å². The van der Waals surface area contributed by atoms with Gasteiger partial charge in [0, 0.05) is 30.5 Å². The Kier molecular flexibility index (Phi) is 3.94. The standard InChI is InChI=1S/C14H16N4OS/c1-19-13-12(18-8-9-20-14(18)17-13)10-16-7-4-11-2-5-15-6-3-11/h2-3,5-6,8-9,16H,4,7,10H2,1H3. The Morgan fingerprint density at radius 3 is 3.00 bits per heavy atom. The first kappa shape index (κ1) is 13.1. The molecule has 3 aromatic heterocycles. The maximum atomic E-state index is 5.33. The van der Waals surface area contributed by atoms with Gasteiger partial charge in [-0.2, -0.15) is 4.98 Å². The summed E-state index contributed by atoms with van der Waals surface area (Å²) in [6.07, 6.45) is 6.65. The monoisotopic (exact) mass is 288 g/mol. The maximum absolute atomic E-state index is 5.33. The molecule has 3 rings (SSSR count). The highest BCUT2D eigenvalue weighted by atomic mass is 32.1. The summed E-state index contributed by atoms with van der Waals surface area (Å²) in [5, 5.41) is 5.47. The van der Waals surface area contributed by atoms with E-state index in [1.807, 2.05) is 36.1 Å². The lowest BCUT2D eigenvalue weighted by Crippen LogP contribution is -2.18. The van der Waals surface area contributed by atoms with Crippen molar-refractivity contribution in [3.05, 3.63) is 47.4 Å². The molecule has 3 aromatic rings. The highest BCUT2D eigenvalue weighted by Crippen LogP contribution is 2.22. The van der Waals surface area contributed by atoms with Gasteiger partial charge in [0.25, 0.3) is 0 Å². The Balaban J connectivity index is 1.61. The second-order valence-electron chi connectivity index (χ2n) is 4.41. The fraction of sp³-hybridized carbons (Fsp3) is 0.286. The number of rotatable bonds is 6. The smallest absolute Gasteiger partial charge is 0.237 e. The molecule has 0 fully saturated rings. The van der Waals surface area contributed by atoms with Gasteiger partial charge in [0.05, 0.1) is 7.11 Å². The Bertz CT molecular complexity index is 677. The van der Waals surface area contributed by atoms with Crippen molar-refractivity contribution in [2.45, 2.75) is 13.0 Å². The Morgan fingerprint density at radius 1 is 1.35 bits per heavy atom. The first-order chi connectivity index (χ1) is 9.88. The lowest BCUT2D eigenvalue weighted by Gasteiger charge is -2.06. The van der Waals surface area contributed by atoms with Crippen LogP contribution in [-0.4, -0.2) is 28.0 Å². The van der Waals surface area contributed by atoms with E-state index in [1.54, 1.807) is 18.4 Å². The van der Waals surface area contributed by atoms with E-state index in [4.69, 9.17) is 4.74 Å².